The van der Waals surface area contributed by atoms with Gasteiger partial charge in [0.1, 0.15) is 12.4 Å². The molecule has 1 aromatic carbocycles. The Labute approximate surface area is 171 Å². The maximum Gasteiger partial charge on any atom is 0.246 e. The number of benzene rings is 1. The van der Waals surface area contributed by atoms with Crippen LogP contribution >= 0.6 is 11.3 Å². The van der Waals surface area contributed by atoms with Crippen LogP contribution in [0.25, 0.3) is 6.08 Å². The minimum absolute atomic E-state index is 0.163. The van der Waals surface area contributed by atoms with E-state index >= 15 is 0 Å². The van der Waals surface area contributed by atoms with Crippen LogP contribution in [0.15, 0.2) is 35.7 Å². The molecule has 4 rings (SSSR count). The van der Waals surface area contributed by atoms with Crippen LogP contribution in [0.5, 0.6) is 5.75 Å². The maximum atomic E-state index is 12.8. The van der Waals surface area contributed by atoms with Crippen LogP contribution in [0.1, 0.15) is 54.8 Å². The Kier molecular flexibility index (Phi) is 6.10. The van der Waals surface area contributed by atoms with Gasteiger partial charge in [0.15, 0.2) is 0 Å². The Morgan fingerprint density at radius 3 is 2.79 bits per heavy atom. The molecule has 4 nitrogen and oxygen atoms in total. The molecular weight excluding hydrogens is 368 g/mol. The number of nitrogens with zero attached hydrogens (tertiary/aromatic N) is 2. The Morgan fingerprint density at radius 1 is 1.21 bits per heavy atom. The van der Waals surface area contributed by atoms with Gasteiger partial charge in [-0.1, -0.05) is 25.0 Å². The zero-order valence-electron chi connectivity index (χ0n) is 16.5. The van der Waals surface area contributed by atoms with Gasteiger partial charge < -0.3 is 9.64 Å². The van der Waals surface area contributed by atoms with Crippen molar-refractivity contribution in [2.24, 2.45) is 5.92 Å². The summed E-state index contributed by atoms with van der Waals surface area (Å²) in [5.74, 6) is 1.70. The molecule has 1 saturated heterocycles. The molecule has 2 fully saturated rings. The highest BCUT2D eigenvalue weighted by atomic mass is 32.1. The molecule has 148 valence electrons. The quantitative estimate of drug-likeness (QED) is 0.650. The van der Waals surface area contributed by atoms with Gasteiger partial charge in [-0.3, -0.25) is 4.79 Å². The van der Waals surface area contributed by atoms with Crippen molar-refractivity contribution in [1.82, 2.24) is 9.88 Å². The summed E-state index contributed by atoms with van der Waals surface area (Å²) in [5.41, 5.74) is 1.97. The summed E-state index contributed by atoms with van der Waals surface area (Å²) in [6, 6.07) is 8.34. The molecule has 1 amide bonds. The van der Waals surface area contributed by atoms with E-state index < -0.39 is 0 Å². The molecule has 0 N–H and O–H groups in total. The molecule has 5 heteroatoms. The number of likely N-dealkylation sites (tertiary alicyclic amines) is 1. The number of aryl methyl sites for hydroxylation is 1. The third-order valence-corrected chi connectivity index (χ3v) is 6.70. The summed E-state index contributed by atoms with van der Waals surface area (Å²) in [6.45, 7) is 3.39. The first-order chi connectivity index (χ1) is 13.7. The van der Waals surface area contributed by atoms with Gasteiger partial charge in [-0.15, -0.1) is 11.3 Å². The van der Waals surface area contributed by atoms with E-state index in [1.54, 1.807) is 17.4 Å². The summed E-state index contributed by atoms with van der Waals surface area (Å²) < 4.78 is 5.79. The number of carbonyl (C=O) groups excluding carboxylic acids is 1. The van der Waals surface area contributed by atoms with Crippen molar-refractivity contribution in [3.8, 4) is 5.75 Å². The molecule has 1 aromatic heterocycles. The molecule has 2 aliphatic rings. The molecule has 1 aliphatic heterocycles. The van der Waals surface area contributed by atoms with Crippen molar-refractivity contribution < 1.29 is 9.53 Å². The van der Waals surface area contributed by atoms with Gasteiger partial charge in [-0.2, -0.15) is 0 Å². The summed E-state index contributed by atoms with van der Waals surface area (Å²) in [6.07, 6.45) is 11.2. The minimum atomic E-state index is 0.163. The summed E-state index contributed by atoms with van der Waals surface area (Å²) in [4.78, 5) is 19.3. The Bertz CT molecular complexity index is 825. The largest absolute Gasteiger partial charge is 0.487 e. The van der Waals surface area contributed by atoms with E-state index in [9.17, 15) is 4.79 Å². The average molecular weight is 397 g/mol. The number of piperidine rings is 1. The lowest BCUT2D eigenvalue weighted by Gasteiger charge is -2.43. The van der Waals surface area contributed by atoms with Gasteiger partial charge in [0.25, 0.3) is 0 Å². The van der Waals surface area contributed by atoms with Crippen molar-refractivity contribution in [2.45, 2.75) is 58.1 Å². The first-order valence-corrected chi connectivity index (χ1v) is 11.2. The fraction of sp³-hybridized carbons (Fsp3) is 0.478. The monoisotopic (exact) mass is 396 g/mol. The second-order valence-corrected chi connectivity index (χ2v) is 8.90. The van der Waals surface area contributed by atoms with Crippen LogP contribution in [-0.4, -0.2) is 28.4 Å². The summed E-state index contributed by atoms with van der Waals surface area (Å²) in [5, 5.41) is 3.08. The zero-order chi connectivity index (χ0) is 19.3. The second kappa shape index (κ2) is 8.91. The van der Waals surface area contributed by atoms with Gasteiger partial charge in [0, 0.05) is 24.0 Å². The summed E-state index contributed by atoms with van der Waals surface area (Å²) in [7, 11) is 0. The van der Waals surface area contributed by atoms with Crippen LogP contribution in [-0.2, 0) is 11.4 Å². The zero-order valence-corrected chi connectivity index (χ0v) is 17.3. The van der Waals surface area contributed by atoms with Crippen molar-refractivity contribution in [3.05, 3.63) is 52.0 Å². The minimum Gasteiger partial charge on any atom is -0.487 e. The van der Waals surface area contributed by atoms with Crippen molar-refractivity contribution in [2.75, 3.05) is 6.54 Å². The van der Waals surface area contributed by atoms with Crippen molar-refractivity contribution in [1.29, 1.82) is 0 Å². The molecule has 2 heterocycles. The number of thiazole rings is 1. The molecule has 0 radical (unpaired) electrons. The lowest BCUT2D eigenvalue weighted by molar-refractivity contribution is -0.132. The molecule has 0 spiro atoms. The van der Waals surface area contributed by atoms with E-state index in [0.29, 0.717) is 12.6 Å². The van der Waals surface area contributed by atoms with Crippen LogP contribution in [0, 0.1) is 12.8 Å². The number of hydrogen-bond acceptors (Lipinski definition) is 4. The third kappa shape index (κ3) is 4.64. The van der Waals surface area contributed by atoms with E-state index in [4.69, 9.17) is 4.74 Å². The predicted molar refractivity (Wildman–Crippen MR) is 113 cm³/mol. The number of rotatable bonds is 5. The van der Waals surface area contributed by atoms with E-state index in [1.165, 1.54) is 32.1 Å². The van der Waals surface area contributed by atoms with Gasteiger partial charge >= 0.3 is 0 Å². The number of fused-ring (bicyclic) bond motifs is 1. The van der Waals surface area contributed by atoms with Gasteiger partial charge in [-0.05, 0) is 62.3 Å². The maximum absolute atomic E-state index is 12.8. The number of aromatic nitrogens is 1. The predicted octanol–water partition coefficient (Wildman–Crippen LogP) is 5.22. The van der Waals surface area contributed by atoms with Crippen LogP contribution in [0.4, 0.5) is 0 Å². The molecule has 28 heavy (non-hydrogen) atoms. The highest BCUT2D eigenvalue weighted by Gasteiger charge is 2.34. The third-order valence-electron chi connectivity index (χ3n) is 5.88. The normalized spacial score (nSPS) is 22.2. The van der Waals surface area contributed by atoms with Crippen LogP contribution in [0.3, 0.4) is 0 Å². The number of carbonyl (C=O) groups is 1. The number of ether oxygens (including phenoxy) is 1. The topological polar surface area (TPSA) is 42.4 Å². The van der Waals surface area contributed by atoms with Crippen molar-refractivity contribution in [3.63, 3.8) is 0 Å². The average Bonchev–Trinajstić information content (AvgIpc) is 3.16. The molecule has 2 unspecified atom stereocenters. The van der Waals surface area contributed by atoms with E-state index in [2.05, 4.69) is 9.88 Å². The van der Waals surface area contributed by atoms with Gasteiger partial charge in [-0.25, -0.2) is 4.98 Å². The molecule has 2 aromatic rings. The standard InChI is InChI=1S/C23H28N2O2S/c1-17-24-20(16-28-17)15-27-21-11-8-18(9-12-21)10-13-23(26)25-14-4-6-19-5-2-3-7-22(19)25/h8-13,16,19,22H,2-7,14-15H2,1H3. The van der Waals surface area contributed by atoms with Gasteiger partial charge in [0.05, 0.1) is 10.7 Å². The number of hydrogen-bond donors (Lipinski definition) is 0. The molecule has 1 aliphatic carbocycles. The highest BCUT2D eigenvalue weighted by Crippen LogP contribution is 2.35. The van der Waals surface area contributed by atoms with E-state index in [0.717, 1.165) is 40.9 Å². The molecule has 1 saturated carbocycles. The van der Waals surface area contributed by atoms with E-state index in [-0.39, 0.29) is 5.91 Å². The fourth-order valence-electron chi connectivity index (χ4n) is 4.47. The second-order valence-electron chi connectivity index (χ2n) is 7.83. The molecule has 0 bridgehead atoms. The summed E-state index contributed by atoms with van der Waals surface area (Å²) >= 11 is 1.63. The van der Waals surface area contributed by atoms with Crippen LogP contribution in [0.2, 0.25) is 0 Å². The first kappa shape index (κ1) is 19.2. The van der Waals surface area contributed by atoms with E-state index in [1.807, 2.05) is 42.6 Å². The molecular formula is C23H28N2O2S. The Morgan fingerprint density at radius 2 is 2.00 bits per heavy atom. The van der Waals surface area contributed by atoms with Gasteiger partial charge in [0.2, 0.25) is 5.91 Å². The highest BCUT2D eigenvalue weighted by molar-refractivity contribution is 7.09. The van der Waals surface area contributed by atoms with Crippen LogP contribution < -0.4 is 4.74 Å². The van der Waals surface area contributed by atoms with Crippen molar-refractivity contribution >= 4 is 23.3 Å². The Hall–Kier alpha value is -2.14. The number of amides is 1. The smallest absolute Gasteiger partial charge is 0.246 e. The lowest BCUT2D eigenvalue weighted by atomic mass is 9.78. The molecule has 2 atom stereocenters. The Balaban J connectivity index is 1.33. The first-order valence-electron chi connectivity index (χ1n) is 10.3. The SMILES string of the molecule is Cc1nc(COc2ccc(C=CC(=O)N3CCCC4CCCCC43)cc2)cs1. The fourth-order valence-corrected chi connectivity index (χ4v) is 5.07. The lowest BCUT2D eigenvalue weighted by Crippen LogP contribution is -2.49.